The number of nitrogens with zero attached hydrogens (tertiary/aromatic N) is 1. The zero-order valence-electron chi connectivity index (χ0n) is 8.78. The standard InChI is InChI=1S/C8H16N4O3/c1-8(2,6(10)12-15)7(14)11-4-3-5(9)13/h15H,3-4H2,1-2H3,(H2,9,13)(H2,10,12)(H,11,14). The first-order chi connectivity index (χ1) is 6.82. The number of hydrogen-bond acceptors (Lipinski definition) is 4. The van der Waals surface area contributed by atoms with Crippen LogP contribution in [-0.4, -0.2) is 29.4 Å². The van der Waals surface area contributed by atoms with Crippen molar-refractivity contribution in [2.24, 2.45) is 22.0 Å². The van der Waals surface area contributed by atoms with E-state index in [0.29, 0.717) is 0 Å². The molecule has 0 aliphatic carbocycles. The second-order valence-electron chi connectivity index (χ2n) is 3.58. The van der Waals surface area contributed by atoms with E-state index >= 15 is 0 Å². The number of primary amides is 1. The molecule has 0 saturated heterocycles. The molecule has 0 aromatic rings. The molecule has 0 aliphatic heterocycles. The lowest BCUT2D eigenvalue weighted by Crippen LogP contribution is -2.46. The van der Waals surface area contributed by atoms with Gasteiger partial charge in [-0.05, 0) is 13.8 Å². The van der Waals surface area contributed by atoms with Gasteiger partial charge in [0.15, 0.2) is 5.84 Å². The molecule has 0 spiro atoms. The first-order valence-electron chi connectivity index (χ1n) is 4.37. The highest BCUT2D eigenvalue weighted by molar-refractivity contribution is 6.05. The summed E-state index contributed by atoms with van der Waals surface area (Å²) in [5.74, 6) is -1.13. The van der Waals surface area contributed by atoms with Gasteiger partial charge in [0, 0.05) is 13.0 Å². The van der Waals surface area contributed by atoms with Gasteiger partial charge in [0.1, 0.15) is 5.41 Å². The fraction of sp³-hybridized carbons (Fsp3) is 0.625. The van der Waals surface area contributed by atoms with Crippen LogP contribution in [0.25, 0.3) is 0 Å². The molecule has 0 atom stereocenters. The molecule has 15 heavy (non-hydrogen) atoms. The van der Waals surface area contributed by atoms with Gasteiger partial charge in [-0.25, -0.2) is 0 Å². The Morgan fingerprint density at radius 3 is 2.33 bits per heavy atom. The summed E-state index contributed by atoms with van der Waals surface area (Å²) in [7, 11) is 0. The number of carbonyl (C=O) groups excluding carboxylic acids is 2. The second-order valence-corrected chi connectivity index (χ2v) is 3.58. The molecule has 0 bridgehead atoms. The SMILES string of the molecule is CC(C)(C(=O)NCCC(N)=O)C(N)=NO. The summed E-state index contributed by atoms with van der Waals surface area (Å²) in [5, 5.41) is 13.7. The van der Waals surface area contributed by atoms with Crippen LogP contribution in [-0.2, 0) is 9.59 Å². The van der Waals surface area contributed by atoms with Crippen molar-refractivity contribution in [3.05, 3.63) is 0 Å². The van der Waals surface area contributed by atoms with Crippen molar-refractivity contribution >= 4 is 17.6 Å². The molecule has 0 saturated carbocycles. The van der Waals surface area contributed by atoms with Crippen LogP contribution in [0, 0.1) is 5.41 Å². The molecule has 7 nitrogen and oxygen atoms in total. The van der Waals surface area contributed by atoms with Gasteiger partial charge >= 0.3 is 0 Å². The van der Waals surface area contributed by atoms with Crippen LogP contribution in [0.1, 0.15) is 20.3 Å². The van der Waals surface area contributed by atoms with E-state index in [1.165, 1.54) is 13.8 Å². The maximum Gasteiger partial charge on any atom is 0.233 e. The maximum absolute atomic E-state index is 11.5. The van der Waals surface area contributed by atoms with E-state index in [0.717, 1.165) is 0 Å². The van der Waals surface area contributed by atoms with E-state index in [9.17, 15) is 9.59 Å². The Hall–Kier alpha value is -1.79. The lowest BCUT2D eigenvalue weighted by Gasteiger charge is -2.21. The highest BCUT2D eigenvalue weighted by atomic mass is 16.4. The molecule has 0 aromatic carbocycles. The normalized spacial score (nSPS) is 12.3. The summed E-state index contributed by atoms with van der Waals surface area (Å²) in [6.45, 7) is 3.14. The van der Waals surface area contributed by atoms with Crippen molar-refractivity contribution in [2.75, 3.05) is 6.54 Å². The molecule has 0 aliphatic rings. The van der Waals surface area contributed by atoms with Crippen molar-refractivity contribution in [3.8, 4) is 0 Å². The number of amides is 2. The average Bonchev–Trinajstić information content (AvgIpc) is 2.15. The lowest BCUT2D eigenvalue weighted by molar-refractivity contribution is -0.126. The molecule has 86 valence electrons. The van der Waals surface area contributed by atoms with Gasteiger partial charge in [0.05, 0.1) is 0 Å². The van der Waals surface area contributed by atoms with Crippen LogP contribution in [0.4, 0.5) is 0 Å². The number of hydrogen-bond donors (Lipinski definition) is 4. The Balaban J connectivity index is 4.26. The summed E-state index contributed by atoms with van der Waals surface area (Å²) in [6, 6.07) is 0. The number of oxime groups is 1. The van der Waals surface area contributed by atoms with Crippen LogP contribution in [0.2, 0.25) is 0 Å². The minimum Gasteiger partial charge on any atom is -0.409 e. The van der Waals surface area contributed by atoms with E-state index in [-0.39, 0.29) is 18.8 Å². The smallest absolute Gasteiger partial charge is 0.233 e. The first kappa shape index (κ1) is 13.2. The third-order valence-electron chi connectivity index (χ3n) is 1.97. The second kappa shape index (κ2) is 5.18. The Bertz CT molecular complexity index is 286. The van der Waals surface area contributed by atoms with E-state index in [1.54, 1.807) is 0 Å². The summed E-state index contributed by atoms with van der Waals surface area (Å²) in [4.78, 5) is 21.9. The van der Waals surface area contributed by atoms with Gasteiger partial charge in [-0.3, -0.25) is 9.59 Å². The van der Waals surface area contributed by atoms with Gasteiger partial charge in [-0.2, -0.15) is 0 Å². The van der Waals surface area contributed by atoms with E-state index < -0.39 is 17.2 Å². The first-order valence-corrected chi connectivity index (χ1v) is 4.37. The van der Waals surface area contributed by atoms with Crippen LogP contribution < -0.4 is 16.8 Å². The summed E-state index contributed by atoms with van der Waals surface area (Å²) >= 11 is 0. The Morgan fingerprint density at radius 1 is 1.40 bits per heavy atom. The van der Waals surface area contributed by atoms with Crippen molar-refractivity contribution in [2.45, 2.75) is 20.3 Å². The number of rotatable bonds is 5. The quantitative estimate of drug-likeness (QED) is 0.198. The summed E-state index contributed by atoms with van der Waals surface area (Å²) in [5.41, 5.74) is 9.11. The third kappa shape index (κ3) is 3.84. The molecule has 0 unspecified atom stereocenters. The monoisotopic (exact) mass is 216 g/mol. The third-order valence-corrected chi connectivity index (χ3v) is 1.97. The summed E-state index contributed by atoms with van der Waals surface area (Å²) < 4.78 is 0. The predicted octanol–water partition coefficient (Wildman–Crippen LogP) is -1.25. The highest BCUT2D eigenvalue weighted by Gasteiger charge is 2.32. The Labute approximate surface area is 87.5 Å². The van der Waals surface area contributed by atoms with E-state index in [4.69, 9.17) is 16.7 Å². The molecule has 0 aromatic heterocycles. The Morgan fingerprint density at radius 2 is 1.93 bits per heavy atom. The van der Waals surface area contributed by atoms with Crippen molar-refractivity contribution < 1.29 is 14.8 Å². The minimum absolute atomic E-state index is 0.0536. The van der Waals surface area contributed by atoms with E-state index in [1.807, 2.05) is 0 Å². The minimum atomic E-state index is -1.12. The van der Waals surface area contributed by atoms with Gasteiger partial charge < -0.3 is 22.0 Å². The topological polar surface area (TPSA) is 131 Å². The van der Waals surface area contributed by atoms with Crippen molar-refractivity contribution in [3.63, 3.8) is 0 Å². The van der Waals surface area contributed by atoms with Gasteiger partial charge in [0.25, 0.3) is 0 Å². The van der Waals surface area contributed by atoms with Gasteiger partial charge in [0.2, 0.25) is 11.8 Å². The summed E-state index contributed by atoms with van der Waals surface area (Å²) in [6.07, 6.45) is 0.0536. The molecular formula is C8H16N4O3. The van der Waals surface area contributed by atoms with Crippen LogP contribution in [0.15, 0.2) is 5.16 Å². The number of nitrogens with two attached hydrogens (primary N) is 2. The number of amidine groups is 1. The molecule has 6 N–H and O–H groups in total. The fourth-order valence-corrected chi connectivity index (χ4v) is 0.762. The lowest BCUT2D eigenvalue weighted by atomic mass is 9.91. The van der Waals surface area contributed by atoms with Crippen molar-refractivity contribution in [1.82, 2.24) is 5.32 Å². The molecule has 0 rings (SSSR count). The number of nitrogens with one attached hydrogen (secondary N) is 1. The number of carbonyl (C=O) groups is 2. The van der Waals surface area contributed by atoms with E-state index in [2.05, 4.69) is 10.5 Å². The molecule has 7 heteroatoms. The predicted molar refractivity (Wildman–Crippen MR) is 54.0 cm³/mol. The molecule has 2 amide bonds. The van der Waals surface area contributed by atoms with Crippen molar-refractivity contribution in [1.29, 1.82) is 0 Å². The van der Waals surface area contributed by atoms with Gasteiger partial charge in [-0.1, -0.05) is 5.16 Å². The van der Waals surface area contributed by atoms with Crippen LogP contribution in [0.3, 0.4) is 0 Å². The Kier molecular flexibility index (Phi) is 4.56. The zero-order valence-corrected chi connectivity index (χ0v) is 8.78. The molecule has 0 fully saturated rings. The largest absolute Gasteiger partial charge is 0.409 e. The van der Waals surface area contributed by atoms with Crippen LogP contribution >= 0.6 is 0 Å². The molecule has 0 heterocycles. The average molecular weight is 216 g/mol. The fourth-order valence-electron chi connectivity index (χ4n) is 0.762. The highest BCUT2D eigenvalue weighted by Crippen LogP contribution is 2.14. The zero-order chi connectivity index (χ0) is 12.1. The maximum atomic E-state index is 11.5. The van der Waals surface area contributed by atoms with Gasteiger partial charge in [-0.15, -0.1) is 0 Å². The van der Waals surface area contributed by atoms with Crippen LogP contribution in [0.5, 0.6) is 0 Å². The molecule has 0 radical (unpaired) electrons. The molecular weight excluding hydrogens is 200 g/mol.